The largest absolute Gasteiger partial charge is 0.457 e. The highest BCUT2D eigenvalue weighted by Crippen LogP contribution is 2.34. The second kappa shape index (κ2) is 9.60. The smallest absolute Gasteiger partial charge is 0.335 e. The van der Waals surface area contributed by atoms with Gasteiger partial charge in [-0.1, -0.05) is 18.2 Å². The van der Waals surface area contributed by atoms with Gasteiger partial charge in [-0.3, -0.25) is 13.9 Å². The molecule has 0 saturated heterocycles. The van der Waals surface area contributed by atoms with Crippen molar-refractivity contribution in [3.8, 4) is 23.3 Å². The van der Waals surface area contributed by atoms with Gasteiger partial charge >= 0.3 is 5.69 Å². The van der Waals surface area contributed by atoms with E-state index < -0.39 is 17.1 Å². The highest BCUT2D eigenvalue weighted by Gasteiger charge is 2.37. The molecule has 0 aliphatic heterocycles. The Morgan fingerprint density at radius 2 is 1.84 bits per heavy atom. The maximum atomic E-state index is 13.5. The fourth-order valence-corrected chi connectivity index (χ4v) is 3.93. The molecule has 1 aliphatic carbocycles. The third-order valence-electron chi connectivity index (χ3n) is 6.05. The van der Waals surface area contributed by atoms with Gasteiger partial charge in [-0.15, -0.1) is 0 Å². The molecule has 5 N–H and O–H groups in total. The molecule has 2 heterocycles. The lowest BCUT2D eigenvalue weighted by Crippen LogP contribution is -2.33. The van der Waals surface area contributed by atoms with Crippen molar-refractivity contribution < 1.29 is 9.53 Å². The van der Waals surface area contributed by atoms with E-state index >= 15 is 0 Å². The van der Waals surface area contributed by atoms with E-state index in [9.17, 15) is 14.9 Å². The summed E-state index contributed by atoms with van der Waals surface area (Å²) in [5, 5.41) is 12.0. The van der Waals surface area contributed by atoms with Crippen LogP contribution in [0, 0.1) is 11.3 Å². The Morgan fingerprint density at radius 1 is 1.14 bits per heavy atom. The zero-order valence-corrected chi connectivity index (χ0v) is 19.8. The van der Waals surface area contributed by atoms with Crippen molar-refractivity contribution in [2.45, 2.75) is 24.9 Å². The van der Waals surface area contributed by atoms with Crippen LogP contribution in [0.15, 0.2) is 77.4 Å². The number of carbonyl (C=O) groups is 1. The van der Waals surface area contributed by atoms with Crippen LogP contribution in [0.3, 0.4) is 0 Å². The van der Waals surface area contributed by atoms with Crippen LogP contribution in [-0.2, 0) is 11.3 Å². The van der Waals surface area contributed by atoms with Gasteiger partial charge in [0.2, 0.25) is 0 Å². The number of nitrogens with two attached hydrogens (primary N) is 2. The number of nitrogen functional groups attached to an aromatic ring is 1. The predicted molar refractivity (Wildman–Crippen MR) is 137 cm³/mol. The number of amides is 1. The summed E-state index contributed by atoms with van der Waals surface area (Å²) in [6, 6.07) is 18.2. The molecule has 1 amide bonds. The predicted octanol–water partition coefficient (Wildman–Crippen LogP) is 2.01. The minimum absolute atomic E-state index is 0.0424. The molecule has 1 aliphatic rings. The second-order valence-electron chi connectivity index (χ2n) is 8.77. The lowest BCUT2D eigenvalue weighted by Gasteiger charge is -2.08. The van der Waals surface area contributed by atoms with Crippen molar-refractivity contribution in [2.24, 2.45) is 5.73 Å². The molecule has 0 radical (unpaired) electrons. The maximum Gasteiger partial charge on any atom is 0.335 e. The third kappa shape index (κ3) is 4.91. The van der Waals surface area contributed by atoms with Gasteiger partial charge in [-0.2, -0.15) is 5.26 Å². The molecule has 0 atom stereocenters. The zero-order valence-electron chi connectivity index (χ0n) is 19.8. The lowest BCUT2D eigenvalue weighted by molar-refractivity contribution is -0.117. The number of carbonyl (C=O) groups excluding carboxylic acids is 1. The number of nitrogens with one attached hydrogen (secondary N) is 1. The van der Waals surface area contributed by atoms with Crippen LogP contribution in [0.1, 0.15) is 12.8 Å². The van der Waals surface area contributed by atoms with Gasteiger partial charge in [0.25, 0.3) is 5.91 Å². The van der Waals surface area contributed by atoms with Crippen LogP contribution < -0.4 is 27.2 Å². The van der Waals surface area contributed by atoms with Crippen molar-refractivity contribution in [3.05, 3.63) is 83.1 Å². The SMILES string of the molecule is N#C/C(=C/C1(N)CC1)C(=O)NCCn1c(=O)n(-c2ccc(Oc3ccccc3)cc2)c2c(N)ncnc21. The molecule has 0 unspecified atom stereocenters. The number of imidazole rings is 1. The van der Waals surface area contributed by atoms with Crippen LogP contribution >= 0.6 is 0 Å². The Bertz CT molecular complexity index is 1590. The van der Waals surface area contributed by atoms with Crippen molar-refractivity contribution in [3.63, 3.8) is 0 Å². The fourth-order valence-electron chi connectivity index (χ4n) is 3.93. The molecule has 11 heteroatoms. The molecule has 5 rings (SSSR count). The van der Waals surface area contributed by atoms with Gasteiger partial charge < -0.3 is 21.5 Å². The van der Waals surface area contributed by atoms with E-state index in [1.54, 1.807) is 24.3 Å². The van der Waals surface area contributed by atoms with Crippen LogP contribution in [0.5, 0.6) is 11.5 Å². The Morgan fingerprint density at radius 3 is 2.51 bits per heavy atom. The molecule has 2 aromatic heterocycles. The molecule has 0 bridgehead atoms. The van der Waals surface area contributed by atoms with Crippen molar-refractivity contribution in [1.82, 2.24) is 24.4 Å². The van der Waals surface area contributed by atoms with E-state index in [0.717, 1.165) is 12.8 Å². The monoisotopic (exact) mass is 496 g/mol. The summed E-state index contributed by atoms with van der Waals surface area (Å²) in [4.78, 5) is 34.2. The fraction of sp³-hybridized carbons (Fsp3) is 0.192. The molecular weight excluding hydrogens is 472 g/mol. The van der Waals surface area contributed by atoms with Crippen molar-refractivity contribution in [2.75, 3.05) is 12.3 Å². The van der Waals surface area contributed by atoms with Gasteiger partial charge in [-0.25, -0.2) is 14.8 Å². The van der Waals surface area contributed by atoms with Crippen LogP contribution in [0.25, 0.3) is 16.9 Å². The van der Waals surface area contributed by atoms with Gasteiger partial charge in [0, 0.05) is 18.6 Å². The van der Waals surface area contributed by atoms with Crippen molar-refractivity contribution >= 4 is 22.9 Å². The summed E-state index contributed by atoms with van der Waals surface area (Å²) in [6.45, 7) is 0.189. The van der Waals surface area contributed by atoms with E-state index in [4.69, 9.17) is 16.2 Å². The molecule has 1 fully saturated rings. The number of rotatable bonds is 8. The Kier molecular flexibility index (Phi) is 6.17. The number of nitriles is 1. The van der Waals surface area contributed by atoms with Crippen LogP contribution in [-0.4, -0.2) is 37.1 Å². The molecule has 4 aromatic rings. The number of aromatic nitrogens is 4. The normalized spacial score (nSPS) is 14.2. The molecular formula is C26H24N8O3. The summed E-state index contributed by atoms with van der Waals surface area (Å²) in [6.07, 6.45) is 4.25. The number of anilines is 1. The second-order valence-corrected chi connectivity index (χ2v) is 8.77. The van der Waals surface area contributed by atoms with E-state index in [1.165, 1.54) is 21.5 Å². The molecule has 186 valence electrons. The average Bonchev–Trinajstić information content (AvgIpc) is 3.57. The summed E-state index contributed by atoms with van der Waals surface area (Å²) in [5.74, 6) is 0.892. The first kappa shape index (κ1) is 23.8. The molecule has 0 spiro atoms. The van der Waals surface area contributed by atoms with E-state index in [-0.39, 0.29) is 24.5 Å². The summed E-state index contributed by atoms with van der Waals surface area (Å²) >= 11 is 0. The average molecular weight is 497 g/mol. The Labute approximate surface area is 211 Å². The third-order valence-corrected chi connectivity index (χ3v) is 6.05. The minimum atomic E-state index is -0.580. The first-order chi connectivity index (χ1) is 17.9. The number of nitrogens with zero attached hydrogens (tertiary/aromatic N) is 5. The zero-order chi connectivity index (χ0) is 26.0. The van der Waals surface area contributed by atoms with Crippen molar-refractivity contribution in [1.29, 1.82) is 5.26 Å². The molecule has 37 heavy (non-hydrogen) atoms. The van der Waals surface area contributed by atoms with Gasteiger partial charge in [0.1, 0.15) is 35.0 Å². The number of benzene rings is 2. The molecule has 2 aromatic carbocycles. The topological polar surface area (TPSA) is 167 Å². The number of hydrogen-bond acceptors (Lipinski definition) is 8. The van der Waals surface area contributed by atoms with Gasteiger partial charge in [-0.05, 0) is 55.3 Å². The Hall–Kier alpha value is -4.95. The van der Waals surface area contributed by atoms with Crippen LogP contribution in [0.2, 0.25) is 0 Å². The maximum absolute atomic E-state index is 13.5. The van der Waals surface area contributed by atoms with E-state index in [0.29, 0.717) is 28.4 Å². The molecule has 1 saturated carbocycles. The number of fused-ring (bicyclic) bond motifs is 1. The summed E-state index contributed by atoms with van der Waals surface area (Å²) < 4.78 is 8.66. The van der Waals surface area contributed by atoms with Crippen LogP contribution in [0.4, 0.5) is 5.82 Å². The minimum Gasteiger partial charge on any atom is -0.457 e. The van der Waals surface area contributed by atoms with E-state index in [2.05, 4.69) is 15.3 Å². The quantitative estimate of drug-likeness (QED) is 0.246. The number of hydrogen-bond donors (Lipinski definition) is 3. The first-order valence-electron chi connectivity index (χ1n) is 11.6. The number of para-hydroxylation sites is 1. The number of ether oxygens (including phenoxy) is 1. The first-order valence-corrected chi connectivity index (χ1v) is 11.6. The van der Waals surface area contributed by atoms with E-state index in [1.807, 2.05) is 36.4 Å². The molecule has 11 nitrogen and oxygen atoms in total. The van der Waals surface area contributed by atoms with Gasteiger partial charge in [0.15, 0.2) is 11.5 Å². The Balaban J connectivity index is 1.40. The van der Waals surface area contributed by atoms with Gasteiger partial charge in [0.05, 0.1) is 5.69 Å². The summed E-state index contributed by atoms with van der Waals surface area (Å²) in [7, 11) is 0. The summed E-state index contributed by atoms with van der Waals surface area (Å²) in [5.41, 5.74) is 12.3. The highest BCUT2D eigenvalue weighted by atomic mass is 16.5. The lowest BCUT2D eigenvalue weighted by atomic mass is 10.1. The highest BCUT2D eigenvalue weighted by molar-refractivity contribution is 5.97. The standard InChI is InChI=1S/C26H24N8O3/c27-15-17(14-26(29)10-11-26)24(35)30-12-13-33-23-21(22(28)31-16-32-23)34(25(33)36)18-6-8-20(9-7-18)37-19-4-2-1-3-5-19/h1-9,14,16H,10-13,29H2,(H,30,35)(H2,28,31,32)/b17-14-.